The van der Waals surface area contributed by atoms with Crippen molar-refractivity contribution in [2.24, 2.45) is 0 Å². The molecule has 0 bridgehead atoms. The molecule has 0 spiro atoms. The molecule has 0 radical (unpaired) electrons. The number of hydrogen-bond donors (Lipinski definition) is 3. The molecule has 1 aromatic carbocycles. The van der Waals surface area contributed by atoms with Crippen molar-refractivity contribution in [3.8, 4) is 17.0 Å². The highest BCUT2D eigenvalue weighted by Gasteiger charge is 2.37. The lowest BCUT2D eigenvalue weighted by atomic mass is 9.94. The van der Waals surface area contributed by atoms with Crippen molar-refractivity contribution in [3.63, 3.8) is 0 Å². The number of imidazole rings is 1. The average molecular weight is 587 g/mol. The van der Waals surface area contributed by atoms with E-state index in [0.717, 1.165) is 44.1 Å². The van der Waals surface area contributed by atoms with Crippen LogP contribution in [0.3, 0.4) is 0 Å². The molecular formula is C28H33F3N8O3. The van der Waals surface area contributed by atoms with E-state index in [1.54, 1.807) is 12.1 Å². The van der Waals surface area contributed by atoms with Gasteiger partial charge in [-0.1, -0.05) is 5.21 Å². The number of hydrogen-bond acceptors (Lipinski definition) is 9. The summed E-state index contributed by atoms with van der Waals surface area (Å²) in [6.07, 6.45) is 3.73. The molecule has 0 amide bonds. The lowest BCUT2D eigenvalue weighted by Gasteiger charge is -2.43. The first kappa shape index (κ1) is 28.5. The number of aliphatic hydroxyl groups is 2. The molecule has 3 aromatic heterocycles. The number of piperidine rings is 1. The molecular weight excluding hydrogens is 553 g/mol. The molecule has 1 unspecified atom stereocenters. The number of ether oxygens (including phenoxy) is 1. The molecule has 0 aliphatic carbocycles. The van der Waals surface area contributed by atoms with E-state index in [-0.39, 0.29) is 35.1 Å². The van der Waals surface area contributed by atoms with Gasteiger partial charge in [0.2, 0.25) is 0 Å². The number of benzene rings is 1. The van der Waals surface area contributed by atoms with Gasteiger partial charge in [-0.15, -0.1) is 5.10 Å². The van der Waals surface area contributed by atoms with Gasteiger partial charge in [-0.3, -0.25) is 9.55 Å². The van der Waals surface area contributed by atoms with Crippen molar-refractivity contribution < 1.29 is 28.1 Å². The third-order valence-corrected chi connectivity index (χ3v) is 8.16. The Hall–Kier alpha value is -3.59. The lowest BCUT2D eigenvalue weighted by molar-refractivity contribution is -0.0437. The summed E-state index contributed by atoms with van der Waals surface area (Å²) in [5.41, 5.74) is 0.186. The molecule has 2 aliphatic heterocycles. The second kappa shape index (κ2) is 10.9. The maximum Gasteiger partial charge on any atom is 0.320 e. The number of halogens is 3. The van der Waals surface area contributed by atoms with Gasteiger partial charge >= 0.3 is 6.55 Å². The molecule has 14 heteroatoms. The maximum absolute atomic E-state index is 13.9. The van der Waals surface area contributed by atoms with Gasteiger partial charge in [0.1, 0.15) is 46.9 Å². The minimum Gasteiger partial charge on any atom is -0.488 e. The quantitative estimate of drug-likeness (QED) is 0.271. The fourth-order valence-electron chi connectivity index (χ4n) is 5.73. The molecule has 2 fully saturated rings. The van der Waals surface area contributed by atoms with E-state index in [2.05, 4.69) is 30.5 Å². The van der Waals surface area contributed by atoms with Crippen LogP contribution in [0.25, 0.3) is 22.3 Å². The predicted molar refractivity (Wildman–Crippen MR) is 147 cm³/mol. The summed E-state index contributed by atoms with van der Waals surface area (Å²) in [5.74, 6) is -0.474. The first-order valence-electron chi connectivity index (χ1n) is 13.9. The standard InChI is InChI=1S/C28H33F3N8O3/c1-17-24(35-36-39(17)20-5-7-37(8-6-20)14-28(41)12-32-13-28)18-9-21-25(38(16-34-21)26(30)31)22(10-18)42-15-27(2,40)23-4-3-19(29)11-33-23/h3-4,9-11,16,20,26,32,40-41H,5-8,12-15H2,1-2H3. The highest BCUT2D eigenvalue weighted by atomic mass is 19.3. The normalized spacial score (nSPS) is 19.2. The molecule has 4 aromatic rings. The number of fused-ring (bicyclic) bond motifs is 1. The van der Waals surface area contributed by atoms with Crippen LogP contribution in [-0.4, -0.2) is 89.6 Å². The molecule has 6 rings (SSSR count). The molecule has 11 nitrogen and oxygen atoms in total. The number of β-amino-alcohol motifs (C(OH)–C–C–N with tert-alkyl or cyclic N) is 1. The first-order valence-corrected chi connectivity index (χ1v) is 13.9. The second-order valence-corrected chi connectivity index (χ2v) is 11.5. The van der Waals surface area contributed by atoms with Crippen molar-refractivity contribution in [2.75, 3.05) is 39.3 Å². The Bertz CT molecular complexity index is 1560. The van der Waals surface area contributed by atoms with E-state index in [0.29, 0.717) is 35.5 Å². The number of pyridine rings is 1. The Balaban J connectivity index is 1.25. The number of rotatable bonds is 9. The largest absolute Gasteiger partial charge is 0.488 e. The zero-order chi connectivity index (χ0) is 29.6. The van der Waals surface area contributed by atoms with Crippen molar-refractivity contribution in [2.45, 2.75) is 50.5 Å². The van der Waals surface area contributed by atoms with E-state index in [1.165, 1.54) is 19.1 Å². The van der Waals surface area contributed by atoms with Crippen molar-refractivity contribution in [3.05, 3.63) is 54.0 Å². The van der Waals surface area contributed by atoms with Gasteiger partial charge < -0.3 is 25.2 Å². The zero-order valence-corrected chi connectivity index (χ0v) is 23.3. The Morgan fingerprint density at radius 1 is 1.19 bits per heavy atom. The summed E-state index contributed by atoms with van der Waals surface area (Å²) in [5, 5.41) is 33.5. The maximum atomic E-state index is 13.9. The summed E-state index contributed by atoms with van der Waals surface area (Å²) in [6.45, 7) is 3.70. The van der Waals surface area contributed by atoms with Gasteiger partial charge in [0.05, 0.1) is 29.1 Å². The summed E-state index contributed by atoms with van der Waals surface area (Å²) in [6, 6.07) is 5.90. The Kier molecular flexibility index (Phi) is 7.41. The second-order valence-electron chi connectivity index (χ2n) is 11.5. The molecule has 42 heavy (non-hydrogen) atoms. The number of nitrogens with zero attached hydrogens (tertiary/aromatic N) is 7. The van der Waals surface area contributed by atoms with Crippen LogP contribution in [0.2, 0.25) is 0 Å². The first-order chi connectivity index (χ1) is 20.0. The minimum atomic E-state index is -2.86. The molecule has 3 N–H and O–H groups in total. The molecule has 0 saturated carbocycles. The van der Waals surface area contributed by atoms with Gasteiger partial charge in [-0.25, -0.2) is 14.1 Å². The monoisotopic (exact) mass is 586 g/mol. The predicted octanol–water partition coefficient (Wildman–Crippen LogP) is 2.79. The SMILES string of the molecule is Cc1c(-c2cc(OCC(C)(O)c3ccc(F)cn3)c3c(c2)ncn3C(F)F)nnn1C1CCN(CC2(O)CNC2)CC1. The molecule has 224 valence electrons. The Morgan fingerprint density at radius 2 is 1.95 bits per heavy atom. The van der Waals surface area contributed by atoms with Crippen LogP contribution in [0.5, 0.6) is 5.75 Å². The van der Waals surface area contributed by atoms with Crippen LogP contribution in [-0.2, 0) is 5.60 Å². The van der Waals surface area contributed by atoms with Crippen LogP contribution in [0.15, 0.2) is 36.8 Å². The van der Waals surface area contributed by atoms with Gasteiger partial charge in [-0.2, -0.15) is 8.78 Å². The van der Waals surface area contributed by atoms with E-state index >= 15 is 0 Å². The highest BCUT2D eigenvalue weighted by molar-refractivity contribution is 5.87. The molecule has 5 heterocycles. The average Bonchev–Trinajstić information content (AvgIpc) is 3.55. The number of nitrogens with one attached hydrogen (secondary N) is 1. The smallest absolute Gasteiger partial charge is 0.320 e. The highest BCUT2D eigenvalue weighted by Crippen LogP contribution is 2.36. The van der Waals surface area contributed by atoms with Crippen LogP contribution in [0.4, 0.5) is 13.2 Å². The third-order valence-electron chi connectivity index (χ3n) is 8.16. The molecule has 2 saturated heterocycles. The van der Waals surface area contributed by atoms with E-state index in [9.17, 15) is 23.4 Å². The number of aromatic nitrogens is 6. The summed E-state index contributed by atoms with van der Waals surface area (Å²) in [4.78, 5) is 10.4. The fourth-order valence-corrected chi connectivity index (χ4v) is 5.73. The lowest BCUT2D eigenvalue weighted by Crippen LogP contribution is -2.65. The van der Waals surface area contributed by atoms with E-state index in [4.69, 9.17) is 4.74 Å². The van der Waals surface area contributed by atoms with Crippen molar-refractivity contribution in [1.82, 2.24) is 39.7 Å². The van der Waals surface area contributed by atoms with Crippen LogP contribution in [0.1, 0.15) is 43.7 Å². The Morgan fingerprint density at radius 3 is 2.60 bits per heavy atom. The summed E-state index contributed by atoms with van der Waals surface area (Å²) >= 11 is 0. The van der Waals surface area contributed by atoms with Crippen molar-refractivity contribution in [1.29, 1.82) is 0 Å². The molecule has 2 aliphatic rings. The van der Waals surface area contributed by atoms with E-state index < -0.39 is 23.6 Å². The van der Waals surface area contributed by atoms with E-state index in [1.807, 2.05) is 11.6 Å². The van der Waals surface area contributed by atoms with Gasteiger partial charge in [0, 0.05) is 38.3 Å². The van der Waals surface area contributed by atoms with Crippen molar-refractivity contribution >= 4 is 11.0 Å². The minimum absolute atomic E-state index is 0.0670. The number of likely N-dealkylation sites (tertiary alicyclic amines) is 1. The van der Waals surface area contributed by atoms with Crippen LogP contribution >= 0.6 is 0 Å². The van der Waals surface area contributed by atoms with Crippen LogP contribution in [0, 0.1) is 12.7 Å². The zero-order valence-electron chi connectivity index (χ0n) is 23.3. The topological polar surface area (TPSA) is 126 Å². The van der Waals surface area contributed by atoms with Gasteiger partial charge in [0.15, 0.2) is 0 Å². The summed E-state index contributed by atoms with van der Waals surface area (Å²) in [7, 11) is 0. The Labute approximate surface area is 239 Å². The fraction of sp³-hybridized carbons (Fsp3) is 0.500. The molecule has 1 atom stereocenters. The summed E-state index contributed by atoms with van der Waals surface area (Å²) < 4.78 is 49.6. The van der Waals surface area contributed by atoms with Crippen LogP contribution < -0.4 is 10.1 Å². The van der Waals surface area contributed by atoms with Gasteiger partial charge in [-0.05, 0) is 51.0 Å². The third kappa shape index (κ3) is 5.46. The number of alkyl halides is 2. The van der Waals surface area contributed by atoms with Gasteiger partial charge in [0.25, 0.3) is 0 Å².